The van der Waals surface area contributed by atoms with Gasteiger partial charge in [-0.3, -0.25) is 4.79 Å². The van der Waals surface area contributed by atoms with Crippen LogP contribution >= 0.6 is 0 Å². The Morgan fingerprint density at radius 2 is 2.15 bits per heavy atom. The van der Waals surface area contributed by atoms with Gasteiger partial charge in [-0.25, -0.2) is 0 Å². The number of carbonyl (C=O) groups is 2. The quantitative estimate of drug-likeness (QED) is 0.377. The van der Waals surface area contributed by atoms with Gasteiger partial charge in [0.05, 0.1) is 12.7 Å². The van der Waals surface area contributed by atoms with E-state index in [0.29, 0.717) is 25.9 Å². The van der Waals surface area contributed by atoms with Crippen LogP contribution in [0.4, 0.5) is 0 Å². The van der Waals surface area contributed by atoms with Crippen LogP contribution in [0.3, 0.4) is 0 Å². The van der Waals surface area contributed by atoms with Gasteiger partial charge in [-0.05, 0) is 20.3 Å². The van der Waals surface area contributed by atoms with Crippen molar-refractivity contribution in [2.24, 2.45) is 0 Å². The predicted molar refractivity (Wildman–Crippen MR) is 47.8 cm³/mol. The molecule has 0 unspecified atom stereocenters. The molecule has 0 heterocycles. The van der Waals surface area contributed by atoms with Crippen molar-refractivity contribution in [3.63, 3.8) is 0 Å². The third-order valence-electron chi connectivity index (χ3n) is 0.975. The number of unbranched alkanes of at least 4 members (excludes halogenated alkanes) is 1. The standard InChI is InChI=1S/C7H11NO2.C2H4O/c1-2-10-7(9)5-3-4-6-8;1-2-3/h2-5H2,1H3;2H,1H3. The summed E-state index contributed by atoms with van der Waals surface area (Å²) in [6.45, 7) is 3.63. The Labute approximate surface area is 78.5 Å². The fourth-order valence-electron chi connectivity index (χ4n) is 0.545. The Bertz CT molecular complexity index is 172. The van der Waals surface area contributed by atoms with Crippen molar-refractivity contribution in [1.29, 1.82) is 5.26 Å². The van der Waals surface area contributed by atoms with Gasteiger partial charge in [0.25, 0.3) is 0 Å². The maximum Gasteiger partial charge on any atom is 0.305 e. The molecule has 0 aliphatic rings. The lowest BCUT2D eigenvalue weighted by atomic mass is 10.2. The van der Waals surface area contributed by atoms with Gasteiger partial charge in [0.2, 0.25) is 0 Å². The summed E-state index contributed by atoms with van der Waals surface area (Å²) in [6.07, 6.45) is 2.15. The number of rotatable bonds is 4. The van der Waals surface area contributed by atoms with Crippen LogP contribution in [0.15, 0.2) is 0 Å². The highest BCUT2D eigenvalue weighted by Gasteiger charge is 1.98. The average molecular weight is 185 g/mol. The molecule has 0 rings (SSSR count). The first kappa shape index (κ1) is 14.2. The number of hydrogen-bond acceptors (Lipinski definition) is 4. The summed E-state index contributed by atoms with van der Waals surface area (Å²) < 4.78 is 4.64. The van der Waals surface area contributed by atoms with Gasteiger partial charge < -0.3 is 9.53 Å². The molecule has 74 valence electrons. The highest BCUT2D eigenvalue weighted by Crippen LogP contribution is 1.95. The molecule has 4 nitrogen and oxygen atoms in total. The Morgan fingerprint density at radius 1 is 1.62 bits per heavy atom. The van der Waals surface area contributed by atoms with Crippen molar-refractivity contribution in [3.8, 4) is 6.07 Å². The molecule has 0 spiro atoms. The van der Waals surface area contributed by atoms with Gasteiger partial charge in [-0.1, -0.05) is 0 Å². The molecular formula is C9H15NO3. The van der Waals surface area contributed by atoms with Crippen LogP contribution in [-0.2, 0) is 14.3 Å². The zero-order chi connectivity index (χ0) is 10.5. The Hall–Kier alpha value is -1.37. The summed E-state index contributed by atoms with van der Waals surface area (Å²) in [7, 11) is 0. The molecule has 0 fully saturated rings. The van der Waals surface area contributed by atoms with E-state index in [1.807, 2.05) is 6.07 Å². The van der Waals surface area contributed by atoms with E-state index in [4.69, 9.17) is 10.1 Å². The van der Waals surface area contributed by atoms with E-state index in [1.165, 1.54) is 6.92 Å². The number of nitrogens with zero attached hydrogens (tertiary/aromatic N) is 1. The highest BCUT2D eigenvalue weighted by molar-refractivity contribution is 5.69. The van der Waals surface area contributed by atoms with Crippen molar-refractivity contribution in [1.82, 2.24) is 0 Å². The van der Waals surface area contributed by atoms with Crippen LogP contribution in [-0.4, -0.2) is 18.9 Å². The number of carbonyl (C=O) groups excluding carboxylic acids is 2. The van der Waals surface area contributed by atoms with Crippen molar-refractivity contribution >= 4 is 12.3 Å². The van der Waals surface area contributed by atoms with Crippen molar-refractivity contribution in [2.75, 3.05) is 6.61 Å². The van der Waals surface area contributed by atoms with E-state index in [0.717, 1.165) is 6.29 Å². The van der Waals surface area contributed by atoms with Gasteiger partial charge in [0.1, 0.15) is 6.29 Å². The van der Waals surface area contributed by atoms with Crippen molar-refractivity contribution < 1.29 is 14.3 Å². The van der Waals surface area contributed by atoms with Gasteiger partial charge >= 0.3 is 5.97 Å². The molecule has 0 saturated heterocycles. The van der Waals surface area contributed by atoms with Crippen molar-refractivity contribution in [3.05, 3.63) is 0 Å². The third kappa shape index (κ3) is 18.0. The van der Waals surface area contributed by atoms with Gasteiger partial charge in [-0.2, -0.15) is 5.26 Å². The SMILES string of the molecule is CC=O.CCOC(=O)CCCC#N. The maximum atomic E-state index is 10.6. The second kappa shape index (κ2) is 13.2. The number of ether oxygens (including phenoxy) is 1. The zero-order valence-electron chi connectivity index (χ0n) is 8.08. The lowest BCUT2D eigenvalue weighted by molar-refractivity contribution is -0.143. The number of hydrogen-bond donors (Lipinski definition) is 0. The average Bonchev–Trinajstić information content (AvgIpc) is 2.07. The van der Waals surface area contributed by atoms with E-state index in [2.05, 4.69) is 4.74 Å². The summed E-state index contributed by atoms with van der Waals surface area (Å²) in [6, 6.07) is 1.96. The summed E-state index contributed by atoms with van der Waals surface area (Å²) >= 11 is 0. The zero-order valence-corrected chi connectivity index (χ0v) is 8.08. The van der Waals surface area contributed by atoms with Crippen LogP contribution in [0.5, 0.6) is 0 Å². The number of nitriles is 1. The van der Waals surface area contributed by atoms with Gasteiger partial charge in [-0.15, -0.1) is 0 Å². The maximum absolute atomic E-state index is 10.6. The summed E-state index contributed by atoms with van der Waals surface area (Å²) in [5.41, 5.74) is 0. The molecule has 0 N–H and O–H groups in total. The van der Waals surface area contributed by atoms with Crippen molar-refractivity contribution in [2.45, 2.75) is 33.1 Å². The third-order valence-corrected chi connectivity index (χ3v) is 0.975. The largest absolute Gasteiger partial charge is 0.466 e. The Kier molecular flexibility index (Phi) is 14.4. The van der Waals surface area contributed by atoms with Gasteiger partial charge in [0, 0.05) is 12.8 Å². The number of esters is 1. The molecule has 0 aromatic heterocycles. The highest BCUT2D eigenvalue weighted by atomic mass is 16.5. The van der Waals surface area contributed by atoms with Crippen LogP contribution in [0.2, 0.25) is 0 Å². The van der Waals surface area contributed by atoms with E-state index in [-0.39, 0.29) is 5.97 Å². The Balaban J connectivity index is 0. The lowest BCUT2D eigenvalue weighted by Gasteiger charge is -1.97. The molecular weight excluding hydrogens is 170 g/mol. The minimum Gasteiger partial charge on any atom is -0.466 e. The fourth-order valence-corrected chi connectivity index (χ4v) is 0.545. The Morgan fingerprint density at radius 3 is 2.54 bits per heavy atom. The smallest absolute Gasteiger partial charge is 0.305 e. The van der Waals surface area contributed by atoms with E-state index >= 15 is 0 Å². The normalized spacial score (nSPS) is 7.46. The molecule has 13 heavy (non-hydrogen) atoms. The molecule has 4 heteroatoms. The second-order valence-corrected chi connectivity index (χ2v) is 2.05. The molecule has 0 saturated carbocycles. The predicted octanol–water partition coefficient (Wildman–Crippen LogP) is 1.45. The number of aldehydes is 1. The molecule has 0 aliphatic carbocycles. The molecule has 0 aromatic carbocycles. The first-order valence-corrected chi connectivity index (χ1v) is 4.15. The second-order valence-electron chi connectivity index (χ2n) is 2.05. The molecule has 0 amide bonds. The molecule has 0 radical (unpaired) electrons. The van der Waals surface area contributed by atoms with Crippen LogP contribution in [0, 0.1) is 11.3 Å². The first-order chi connectivity index (χ1) is 6.22. The van der Waals surface area contributed by atoms with Crippen LogP contribution < -0.4 is 0 Å². The summed E-state index contributed by atoms with van der Waals surface area (Å²) in [5, 5.41) is 8.11. The minimum absolute atomic E-state index is 0.210. The molecule has 0 aromatic rings. The summed E-state index contributed by atoms with van der Waals surface area (Å²) in [4.78, 5) is 19.4. The lowest BCUT2D eigenvalue weighted by Crippen LogP contribution is -2.02. The molecule has 0 aliphatic heterocycles. The fraction of sp³-hybridized carbons (Fsp3) is 0.667. The van der Waals surface area contributed by atoms with Gasteiger partial charge in [0.15, 0.2) is 0 Å². The van der Waals surface area contributed by atoms with E-state index in [9.17, 15) is 4.79 Å². The first-order valence-electron chi connectivity index (χ1n) is 4.15. The van der Waals surface area contributed by atoms with E-state index in [1.54, 1.807) is 6.92 Å². The monoisotopic (exact) mass is 185 g/mol. The van der Waals surface area contributed by atoms with E-state index < -0.39 is 0 Å². The van der Waals surface area contributed by atoms with Crippen LogP contribution in [0.1, 0.15) is 33.1 Å². The topological polar surface area (TPSA) is 67.2 Å². The molecule has 0 atom stereocenters. The summed E-state index contributed by atoms with van der Waals surface area (Å²) in [5.74, 6) is -0.210. The minimum atomic E-state index is -0.210. The molecule has 0 bridgehead atoms. The van der Waals surface area contributed by atoms with Crippen LogP contribution in [0.25, 0.3) is 0 Å².